The van der Waals surface area contributed by atoms with Gasteiger partial charge in [-0.15, -0.1) is 0 Å². The van der Waals surface area contributed by atoms with Gasteiger partial charge in [-0.1, -0.05) is 13.8 Å². The molecule has 0 bridgehead atoms. The van der Waals surface area contributed by atoms with Crippen LogP contribution in [-0.2, 0) is 4.74 Å². The van der Waals surface area contributed by atoms with Crippen LogP contribution in [0.2, 0.25) is 0 Å². The molecule has 0 aliphatic carbocycles. The van der Waals surface area contributed by atoms with E-state index in [1.165, 1.54) is 6.42 Å². The van der Waals surface area contributed by atoms with Gasteiger partial charge in [-0.25, -0.2) is 0 Å². The lowest BCUT2D eigenvalue weighted by molar-refractivity contribution is -0.0828. The van der Waals surface area contributed by atoms with E-state index in [9.17, 15) is 0 Å². The SMILES string of the molecule is CC1CC(C)C(C)C(C)O1. The summed E-state index contributed by atoms with van der Waals surface area (Å²) in [5.74, 6) is 1.56. The minimum Gasteiger partial charge on any atom is -0.375 e. The largest absolute Gasteiger partial charge is 0.375 e. The smallest absolute Gasteiger partial charge is 0.0578 e. The van der Waals surface area contributed by atoms with Crippen LogP contribution in [0.4, 0.5) is 0 Å². The second kappa shape index (κ2) is 2.91. The van der Waals surface area contributed by atoms with Crippen LogP contribution >= 0.6 is 0 Å². The predicted molar refractivity (Wildman–Crippen MR) is 43.0 cm³/mol. The molecule has 1 nitrogen and oxygen atoms in total. The number of hydrogen-bond donors (Lipinski definition) is 0. The highest BCUT2D eigenvalue weighted by Crippen LogP contribution is 2.29. The van der Waals surface area contributed by atoms with Crippen molar-refractivity contribution in [3.8, 4) is 0 Å². The van der Waals surface area contributed by atoms with Crippen molar-refractivity contribution in [3.63, 3.8) is 0 Å². The molecule has 1 fully saturated rings. The monoisotopic (exact) mass is 142 g/mol. The Kier molecular flexibility index (Phi) is 2.35. The summed E-state index contributed by atoms with van der Waals surface area (Å²) in [6, 6.07) is 0. The molecule has 4 unspecified atom stereocenters. The van der Waals surface area contributed by atoms with E-state index in [4.69, 9.17) is 4.74 Å². The van der Waals surface area contributed by atoms with Gasteiger partial charge in [0.1, 0.15) is 0 Å². The molecule has 1 aliphatic heterocycles. The third-order valence-electron chi connectivity index (χ3n) is 2.79. The maximum Gasteiger partial charge on any atom is 0.0578 e. The molecule has 1 heteroatoms. The lowest BCUT2D eigenvalue weighted by atomic mass is 9.85. The van der Waals surface area contributed by atoms with Crippen molar-refractivity contribution < 1.29 is 4.74 Å². The molecule has 0 radical (unpaired) electrons. The molecule has 1 aliphatic rings. The van der Waals surface area contributed by atoms with Crippen molar-refractivity contribution in [2.24, 2.45) is 11.8 Å². The maximum absolute atomic E-state index is 5.67. The van der Waals surface area contributed by atoms with Crippen molar-refractivity contribution in [2.75, 3.05) is 0 Å². The first kappa shape index (κ1) is 8.06. The summed E-state index contributed by atoms with van der Waals surface area (Å²) in [7, 11) is 0. The molecule has 0 spiro atoms. The summed E-state index contributed by atoms with van der Waals surface area (Å²) >= 11 is 0. The third kappa shape index (κ3) is 1.51. The van der Waals surface area contributed by atoms with E-state index in [0.717, 1.165) is 11.8 Å². The fourth-order valence-corrected chi connectivity index (χ4v) is 1.75. The summed E-state index contributed by atoms with van der Waals surface area (Å²) in [5, 5.41) is 0. The molecule has 1 heterocycles. The molecule has 1 rings (SSSR count). The van der Waals surface area contributed by atoms with Crippen molar-refractivity contribution in [2.45, 2.75) is 46.3 Å². The Hall–Kier alpha value is -0.0400. The fourth-order valence-electron chi connectivity index (χ4n) is 1.75. The van der Waals surface area contributed by atoms with Crippen molar-refractivity contribution in [1.29, 1.82) is 0 Å². The van der Waals surface area contributed by atoms with Crippen LogP contribution in [0.15, 0.2) is 0 Å². The van der Waals surface area contributed by atoms with E-state index in [1.807, 2.05) is 0 Å². The van der Waals surface area contributed by atoms with Gasteiger partial charge < -0.3 is 4.74 Å². The minimum atomic E-state index is 0.457. The van der Waals surface area contributed by atoms with E-state index in [0.29, 0.717) is 12.2 Å². The first-order valence-electron chi connectivity index (χ1n) is 4.26. The average Bonchev–Trinajstić information content (AvgIpc) is 1.82. The first-order valence-corrected chi connectivity index (χ1v) is 4.26. The zero-order chi connectivity index (χ0) is 7.72. The highest BCUT2D eigenvalue weighted by molar-refractivity contribution is 4.76. The van der Waals surface area contributed by atoms with Gasteiger partial charge in [0.25, 0.3) is 0 Å². The van der Waals surface area contributed by atoms with E-state index < -0.39 is 0 Å². The molecule has 0 N–H and O–H groups in total. The van der Waals surface area contributed by atoms with Crippen LogP contribution in [0.3, 0.4) is 0 Å². The second-order valence-electron chi connectivity index (χ2n) is 3.72. The number of hydrogen-bond acceptors (Lipinski definition) is 1. The summed E-state index contributed by atoms with van der Waals surface area (Å²) in [5.41, 5.74) is 0. The molecule has 10 heavy (non-hydrogen) atoms. The summed E-state index contributed by atoms with van der Waals surface area (Å²) in [6.45, 7) is 8.94. The zero-order valence-corrected chi connectivity index (χ0v) is 7.42. The van der Waals surface area contributed by atoms with Gasteiger partial charge in [-0.05, 0) is 32.1 Å². The molecule has 0 aromatic rings. The van der Waals surface area contributed by atoms with Crippen LogP contribution in [0.1, 0.15) is 34.1 Å². The third-order valence-corrected chi connectivity index (χ3v) is 2.79. The topological polar surface area (TPSA) is 9.23 Å². The normalized spacial score (nSPS) is 49.2. The Bertz CT molecular complexity index is 99.3. The van der Waals surface area contributed by atoms with Gasteiger partial charge in [0.05, 0.1) is 12.2 Å². The van der Waals surface area contributed by atoms with Crippen molar-refractivity contribution in [3.05, 3.63) is 0 Å². The summed E-state index contributed by atoms with van der Waals surface area (Å²) in [6.07, 6.45) is 2.16. The Morgan fingerprint density at radius 1 is 1.10 bits per heavy atom. The highest BCUT2D eigenvalue weighted by atomic mass is 16.5. The van der Waals surface area contributed by atoms with Gasteiger partial charge in [-0.3, -0.25) is 0 Å². The molecule has 0 aromatic heterocycles. The van der Waals surface area contributed by atoms with Crippen LogP contribution in [0, 0.1) is 11.8 Å². The summed E-state index contributed by atoms with van der Waals surface area (Å²) < 4.78 is 5.67. The predicted octanol–water partition coefficient (Wildman–Crippen LogP) is 2.46. The molecule has 0 saturated carbocycles. The van der Waals surface area contributed by atoms with Crippen LogP contribution in [-0.4, -0.2) is 12.2 Å². The van der Waals surface area contributed by atoms with Gasteiger partial charge in [0.15, 0.2) is 0 Å². The molecule has 0 aromatic carbocycles. The first-order chi connectivity index (χ1) is 4.61. The fraction of sp³-hybridized carbons (Fsp3) is 1.00. The molecule has 1 saturated heterocycles. The summed E-state index contributed by atoms with van der Waals surface area (Å²) in [4.78, 5) is 0. The molecule has 0 amide bonds. The van der Waals surface area contributed by atoms with Crippen molar-refractivity contribution in [1.82, 2.24) is 0 Å². The zero-order valence-electron chi connectivity index (χ0n) is 7.42. The lowest BCUT2D eigenvalue weighted by Gasteiger charge is -2.35. The van der Waals surface area contributed by atoms with Crippen LogP contribution in [0.25, 0.3) is 0 Å². The minimum absolute atomic E-state index is 0.457. The Morgan fingerprint density at radius 3 is 2.20 bits per heavy atom. The lowest BCUT2D eigenvalue weighted by Crippen LogP contribution is -2.35. The number of ether oxygens (including phenoxy) is 1. The van der Waals surface area contributed by atoms with Crippen LogP contribution < -0.4 is 0 Å². The van der Waals surface area contributed by atoms with E-state index >= 15 is 0 Å². The van der Waals surface area contributed by atoms with E-state index in [1.54, 1.807) is 0 Å². The van der Waals surface area contributed by atoms with Gasteiger partial charge in [0, 0.05) is 0 Å². The highest BCUT2D eigenvalue weighted by Gasteiger charge is 2.27. The molecule has 4 atom stereocenters. The van der Waals surface area contributed by atoms with Gasteiger partial charge in [0.2, 0.25) is 0 Å². The quantitative estimate of drug-likeness (QED) is 0.505. The maximum atomic E-state index is 5.67. The molecule has 60 valence electrons. The van der Waals surface area contributed by atoms with E-state index in [-0.39, 0.29) is 0 Å². The Labute approximate surface area is 63.8 Å². The van der Waals surface area contributed by atoms with Gasteiger partial charge in [-0.2, -0.15) is 0 Å². The Morgan fingerprint density at radius 2 is 1.70 bits per heavy atom. The standard InChI is InChI=1S/C9H18O/c1-6-5-7(2)10-9(4)8(6)3/h6-9H,5H2,1-4H3. The molecular formula is C9H18O. The molecular weight excluding hydrogens is 124 g/mol. The van der Waals surface area contributed by atoms with Crippen LogP contribution in [0.5, 0.6) is 0 Å². The Balaban J connectivity index is 2.49. The second-order valence-corrected chi connectivity index (χ2v) is 3.72. The van der Waals surface area contributed by atoms with Crippen molar-refractivity contribution >= 4 is 0 Å². The van der Waals surface area contributed by atoms with Gasteiger partial charge >= 0.3 is 0 Å². The number of rotatable bonds is 0. The average molecular weight is 142 g/mol. The van der Waals surface area contributed by atoms with E-state index in [2.05, 4.69) is 27.7 Å².